The maximum atomic E-state index is 12.6. The predicted molar refractivity (Wildman–Crippen MR) is 101 cm³/mol. The van der Waals surface area contributed by atoms with E-state index in [0.717, 1.165) is 30.2 Å². The highest BCUT2D eigenvalue weighted by atomic mass is 16.2. The van der Waals surface area contributed by atoms with E-state index in [-0.39, 0.29) is 17.2 Å². The van der Waals surface area contributed by atoms with E-state index < -0.39 is 0 Å². The standard InChI is InChI=1S/C20H28N4O/c1-14(16-11-21-12-16)19(25)22-18-10-17(20(2,3)4)23-24(18)13-15-8-6-5-7-9-15/h5-10,14,16,21H,11-13H2,1-4H3,(H,22,25). The van der Waals surface area contributed by atoms with Gasteiger partial charge in [-0.25, -0.2) is 4.68 Å². The lowest BCUT2D eigenvalue weighted by atomic mass is 9.88. The third-order valence-corrected chi connectivity index (χ3v) is 4.91. The van der Waals surface area contributed by atoms with Crippen LogP contribution in [0.5, 0.6) is 0 Å². The summed E-state index contributed by atoms with van der Waals surface area (Å²) in [5.74, 6) is 1.27. The van der Waals surface area contributed by atoms with Crippen LogP contribution in [0.2, 0.25) is 0 Å². The van der Waals surface area contributed by atoms with E-state index in [2.05, 4.69) is 43.5 Å². The van der Waals surface area contributed by atoms with Crippen molar-refractivity contribution in [3.8, 4) is 0 Å². The monoisotopic (exact) mass is 340 g/mol. The fourth-order valence-corrected chi connectivity index (χ4v) is 2.88. The first-order chi connectivity index (χ1) is 11.8. The molecule has 1 aliphatic rings. The first kappa shape index (κ1) is 17.7. The summed E-state index contributed by atoms with van der Waals surface area (Å²) in [6.45, 7) is 10.9. The molecule has 5 nitrogen and oxygen atoms in total. The number of rotatable bonds is 5. The Balaban J connectivity index is 1.82. The van der Waals surface area contributed by atoms with Crippen molar-refractivity contribution < 1.29 is 4.79 Å². The van der Waals surface area contributed by atoms with Gasteiger partial charge in [0.1, 0.15) is 5.82 Å². The molecular formula is C20H28N4O. The van der Waals surface area contributed by atoms with E-state index in [0.29, 0.717) is 12.5 Å². The molecule has 0 saturated carbocycles. The van der Waals surface area contributed by atoms with Crippen molar-refractivity contribution in [3.05, 3.63) is 47.7 Å². The van der Waals surface area contributed by atoms with Crippen LogP contribution in [-0.2, 0) is 16.8 Å². The molecule has 0 bridgehead atoms. The maximum Gasteiger partial charge on any atom is 0.228 e. The molecule has 1 aromatic carbocycles. The number of carbonyl (C=O) groups excluding carboxylic acids is 1. The van der Waals surface area contributed by atoms with Gasteiger partial charge in [0.25, 0.3) is 0 Å². The predicted octanol–water partition coefficient (Wildman–Crippen LogP) is 3.02. The number of hydrogen-bond acceptors (Lipinski definition) is 3. The van der Waals surface area contributed by atoms with Crippen molar-refractivity contribution in [1.29, 1.82) is 0 Å². The molecule has 2 aromatic rings. The van der Waals surface area contributed by atoms with Gasteiger partial charge in [0.05, 0.1) is 12.2 Å². The summed E-state index contributed by atoms with van der Waals surface area (Å²) >= 11 is 0. The van der Waals surface area contributed by atoms with E-state index in [1.165, 1.54) is 0 Å². The van der Waals surface area contributed by atoms with Gasteiger partial charge in [-0.15, -0.1) is 0 Å². The van der Waals surface area contributed by atoms with E-state index >= 15 is 0 Å². The zero-order chi connectivity index (χ0) is 18.0. The first-order valence-corrected chi connectivity index (χ1v) is 8.98. The van der Waals surface area contributed by atoms with Crippen LogP contribution >= 0.6 is 0 Å². The summed E-state index contributed by atoms with van der Waals surface area (Å²) in [5, 5.41) is 11.1. The third-order valence-electron chi connectivity index (χ3n) is 4.91. The Morgan fingerprint density at radius 1 is 1.32 bits per heavy atom. The summed E-state index contributed by atoms with van der Waals surface area (Å²) in [7, 11) is 0. The maximum absolute atomic E-state index is 12.6. The largest absolute Gasteiger partial charge is 0.316 e. The minimum Gasteiger partial charge on any atom is -0.316 e. The van der Waals surface area contributed by atoms with Gasteiger partial charge >= 0.3 is 0 Å². The van der Waals surface area contributed by atoms with Crippen molar-refractivity contribution >= 4 is 11.7 Å². The lowest BCUT2D eigenvalue weighted by molar-refractivity contribution is -0.121. The summed E-state index contributed by atoms with van der Waals surface area (Å²) < 4.78 is 1.90. The lowest BCUT2D eigenvalue weighted by Crippen LogP contribution is -2.48. The van der Waals surface area contributed by atoms with Crippen LogP contribution in [0.1, 0.15) is 39.0 Å². The minimum atomic E-state index is -0.0646. The molecule has 25 heavy (non-hydrogen) atoms. The number of nitrogens with one attached hydrogen (secondary N) is 2. The number of nitrogens with zero attached hydrogens (tertiary/aromatic N) is 2. The van der Waals surface area contributed by atoms with Crippen molar-refractivity contribution in [2.45, 2.75) is 39.7 Å². The molecule has 0 spiro atoms. The number of aromatic nitrogens is 2. The number of benzene rings is 1. The smallest absolute Gasteiger partial charge is 0.228 e. The van der Waals surface area contributed by atoms with Crippen molar-refractivity contribution in [2.75, 3.05) is 18.4 Å². The van der Waals surface area contributed by atoms with Crippen LogP contribution in [0, 0.1) is 11.8 Å². The zero-order valence-corrected chi connectivity index (χ0v) is 15.5. The fraction of sp³-hybridized carbons (Fsp3) is 0.500. The van der Waals surface area contributed by atoms with E-state index in [9.17, 15) is 4.79 Å². The van der Waals surface area contributed by atoms with Crippen molar-refractivity contribution in [3.63, 3.8) is 0 Å². The first-order valence-electron chi connectivity index (χ1n) is 8.98. The summed E-state index contributed by atoms with van der Waals surface area (Å²) in [6.07, 6.45) is 0. The summed E-state index contributed by atoms with van der Waals surface area (Å²) in [6, 6.07) is 12.2. The molecule has 3 rings (SSSR count). The highest BCUT2D eigenvalue weighted by Crippen LogP contribution is 2.26. The second-order valence-electron chi connectivity index (χ2n) is 8.00. The normalized spacial score (nSPS) is 16.3. The molecule has 2 heterocycles. The van der Waals surface area contributed by atoms with Gasteiger partial charge in [-0.1, -0.05) is 58.0 Å². The van der Waals surface area contributed by atoms with Crippen LogP contribution in [0.15, 0.2) is 36.4 Å². The quantitative estimate of drug-likeness (QED) is 0.879. The molecule has 2 N–H and O–H groups in total. The van der Waals surface area contributed by atoms with Gasteiger partial charge in [-0.2, -0.15) is 5.10 Å². The molecule has 0 aliphatic carbocycles. The number of anilines is 1. The molecule has 134 valence electrons. The molecule has 1 aromatic heterocycles. The van der Waals surface area contributed by atoms with Crippen LogP contribution in [-0.4, -0.2) is 28.8 Å². The van der Waals surface area contributed by atoms with Gasteiger partial charge < -0.3 is 10.6 Å². The molecule has 1 saturated heterocycles. The average Bonchev–Trinajstić information content (AvgIpc) is 2.89. The van der Waals surface area contributed by atoms with Gasteiger partial charge in [-0.05, 0) is 24.6 Å². The molecule has 0 radical (unpaired) electrons. The molecule has 1 fully saturated rings. The Morgan fingerprint density at radius 3 is 2.56 bits per heavy atom. The van der Waals surface area contributed by atoms with Crippen molar-refractivity contribution in [2.24, 2.45) is 11.8 Å². The Morgan fingerprint density at radius 2 is 2.00 bits per heavy atom. The topological polar surface area (TPSA) is 59.0 Å². The molecular weight excluding hydrogens is 312 g/mol. The highest BCUT2D eigenvalue weighted by molar-refractivity contribution is 5.92. The summed E-state index contributed by atoms with van der Waals surface area (Å²) in [4.78, 5) is 12.6. The number of carbonyl (C=O) groups is 1. The van der Waals surface area contributed by atoms with Crippen LogP contribution in [0.4, 0.5) is 5.82 Å². The Hall–Kier alpha value is -2.14. The van der Waals surface area contributed by atoms with E-state index in [1.54, 1.807) is 0 Å². The molecule has 5 heteroatoms. The van der Waals surface area contributed by atoms with Crippen molar-refractivity contribution in [1.82, 2.24) is 15.1 Å². The van der Waals surface area contributed by atoms with E-state index in [1.807, 2.05) is 35.9 Å². The summed E-state index contributed by atoms with van der Waals surface area (Å²) in [5.41, 5.74) is 2.08. The van der Waals surface area contributed by atoms with Crippen LogP contribution in [0.3, 0.4) is 0 Å². The molecule has 1 amide bonds. The SMILES string of the molecule is CC(C(=O)Nc1cc(C(C)(C)C)nn1Cc1ccccc1)C1CNC1. The second-order valence-corrected chi connectivity index (χ2v) is 8.00. The van der Waals surface area contributed by atoms with Gasteiger partial charge in [-0.3, -0.25) is 4.79 Å². The van der Waals surface area contributed by atoms with Crippen LogP contribution < -0.4 is 10.6 Å². The zero-order valence-electron chi connectivity index (χ0n) is 15.5. The van der Waals surface area contributed by atoms with Gasteiger partial charge in [0, 0.05) is 17.4 Å². The highest BCUT2D eigenvalue weighted by Gasteiger charge is 2.29. The number of hydrogen-bond donors (Lipinski definition) is 2. The fourth-order valence-electron chi connectivity index (χ4n) is 2.88. The molecule has 1 atom stereocenters. The second kappa shape index (κ2) is 7.00. The Bertz CT molecular complexity index is 726. The lowest BCUT2D eigenvalue weighted by Gasteiger charge is -2.31. The van der Waals surface area contributed by atoms with Gasteiger partial charge in [0.15, 0.2) is 0 Å². The minimum absolute atomic E-state index is 0.000544. The van der Waals surface area contributed by atoms with Gasteiger partial charge in [0.2, 0.25) is 5.91 Å². The van der Waals surface area contributed by atoms with E-state index in [4.69, 9.17) is 5.10 Å². The third kappa shape index (κ3) is 4.10. The molecule has 1 unspecified atom stereocenters. The molecule has 1 aliphatic heterocycles. The Labute approximate surface area is 149 Å². The Kier molecular flexibility index (Phi) is 4.95. The average molecular weight is 340 g/mol. The number of amides is 1. The van der Waals surface area contributed by atoms with Crippen LogP contribution in [0.25, 0.3) is 0 Å².